The Morgan fingerprint density at radius 1 is 1.19 bits per heavy atom. The lowest BCUT2D eigenvalue weighted by Crippen LogP contribution is -1.97. The van der Waals surface area contributed by atoms with Gasteiger partial charge < -0.3 is 0 Å². The van der Waals surface area contributed by atoms with E-state index in [1.807, 2.05) is 29.9 Å². The summed E-state index contributed by atoms with van der Waals surface area (Å²) in [5, 5.41) is 13.6. The molecule has 1 aromatic heterocycles. The van der Waals surface area contributed by atoms with E-state index in [1.54, 1.807) is 0 Å². The highest BCUT2D eigenvalue weighted by Crippen LogP contribution is 2.24. The van der Waals surface area contributed by atoms with Gasteiger partial charge in [-0.1, -0.05) is 44.2 Å². The Morgan fingerprint density at radius 3 is 2.76 bits per heavy atom. The molecule has 3 heteroatoms. The van der Waals surface area contributed by atoms with Crippen molar-refractivity contribution < 1.29 is 0 Å². The van der Waals surface area contributed by atoms with Gasteiger partial charge in [0.1, 0.15) is 0 Å². The summed E-state index contributed by atoms with van der Waals surface area (Å²) in [4.78, 5) is 0. The molecule has 2 rings (SSSR count). The summed E-state index contributed by atoms with van der Waals surface area (Å²) in [5.74, 6) is 0. The second-order valence-corrected chi connectivity index (χ2v) is 5.57. The van der Waals surface area contributed by atoms with Crippen molar-refractivity contribution in [3.05, 3.63) is 41.7 Å². The normalized spacial score (nSPS) is 10.5. The molecule has 0 radical (unpaired) electrons. The Labute approximate surface area is 127 Å². The number of unbranched alkanes of at least 4 members (excludes halogenated alkanes) is 4. The lowest BCUT2D eigenvalue weighted by Gasteiger charge is -2.03. The molecule has 0 fully saturated rings. The van der Waals surface area contributed by atoms with Crippen LogP contribution in [0.2, 0.25) is 0 Å². The second-order valence-electron chi connectivity index (χ2n) is 5.57. The zero-order chi connectivity index (χ0) is 15.1. The van der Waals surface area contributed by atoms with Crippen LogP contribution in [0.25, 0.3) is 11.1 Å². The third-order valence-corrected chi connectivity index (χ3v) is 3.73. The molecule has 0 aliphatic heterocycles. The molecule has 0 amide bonds. The summed E-state index contributed by atoms with van der Waals surface area (Å²) in [6.07, 6.45) is 10.2. The molecule has 2 aromatic rings. The van der Waals surface area contributed by atoms with Gasteiger partial charge in [0, 0.05) is 23.9 Å². The molecule has 0 aliphatic carbocycles. The minimum Gasteiger partial charge on any atom is -0.272 e. The highest BCUT2D eigenvalue weighted by molar-refractivity contribution is 5.70. The van der Waals surface area contributed by atoms with E-state index >= 15 is 0 Å². The third-order valence-electron chi connectivity index (χ3n) is 3.73. The molecule has 3 nitrogen and oxygen atoms in total. The number of aryl methyl sites for hydroxylation is 2. The minimum atomic E-state index is 0.711. The summed E-state index contributed by atoms with van der Waals surface area (Å²) in [5.41, 5.74) is 3.89. The molecular weight excluding hydrogens is 258 g/mol. The van der Waals surface area contributed by atoms with Gasteiger partial charge in [-0.05, 0) is 25.5 Å². The smallest absolute Gasteiger partial charge is 0.0998 e. The van der Waals surface area contributed by atoms with Crippen LogP contribution in [0.15, 0.2) is 30.6 Å². The van der Waals surface area contributed by atoms with Crippen molar-refractivity contribution in [1.29, 1.82) is 5.26 Å². The van der Waals surface area contributed by atoms with Gasteiger partial charge in [0.05, 0.1) is 17.8 Å². The van der Waals surface area contributed by atoms with Crippen LogP contribution in [0, 0.1) is 18.3 Å². The van der Waals surface area contributed by atoms with Gasteiger partial charge in [0.25, 0.3) is 0 Å². The Kier molecular flexibility index (Phi) is 5.57. The van der Waals surface area contributed by atoms with E-state index in [1.165, 1.54) is 32.1 Å². The fraction of sp³-hybridized carbons (Fsp3) is 0.444. The summed E-state index contributed by atoms with van der Waals surface area (Å²) < 4.78 is 1.99. The summed E-state index contributed by atoms with van der Waals surface area (Å²) in [6.45, 7) is 5.23. The number of hydrogen-bond acceptors (Lipinski definition) is 2. The van der Waals surface area contributed by atoms with Crippen molar-refractivity contribution >= 4 is 0 Å². The van der Waals surface area contributed by atoms with Gasteiger partial charge in [-0.3, -0.25) is 4.68 Å². The van der Waals surface area contributed by atoms with Gasteiger partial charge >= 0.3 is 0 Å². The third kappa shape index (κ3) is 4.19. The second kappa shape index (κ2) is 7.64. The van der Waals surface area contributed by atoms with Crippen LogP contribution < -0.4 is 0 Å². The summed E-state index contributed by atoms with van der Waals surface area (Å²) in [6, 6.07) is 8.17. The first-order valence-corrected chi connectivity index (χ1v) is 7.78. The zero-order valence-electron chi connectivity index (χ0n) is 13.0. The predicted octanol–water partition coefficient (Wildman–Crippen LogP) is 4.70. The molecule has 0 N–H and O–H groups in total. The average Bonchev–Trinajstić information content (AvgIpc) is 2.96. The van der Waals surface area contributed by atoms with E-state index in [2.05, 4.69) is 30.4 Å². The molecule has 21 heavy (non-hydrogen) atoms. The van der Waals surface area contributed by atoms with Crippen LogP contribution in [-0.2, 0) is 6.54 Å². The fourth-order valence-electron chi connectivity index (χ4n) is 2.50. The van der Waals surface area contributed by atoms with Gasteiger partial charge in [-0.25, -0.2) is 0 Å². The van der Waals surface area contributed by atoms with Crippen LogP contribution in [0.1, 0.15) is 50.2 Å². The highest BCUT2D eigenvalue weighted by Gasteiger charge is 2.07. The van der Waals surface area contributed by atoms with Gasteiger partial charge in [-0.2, -0.15) is 10.4 Å². The lowest BCUT2D eigenvalue weighted by molar-refractivity contribution is 0.533. The lowest BCUT2D eigenvalue weighted by atomic mass is 10.0. The largest absolute Gasteiger partial charge is 0.272 e. The molecule has 0 saturated carbocycles. The van der Waals surface area contributed by atoms with E-state index in [-0.39, 0.29) is 0 Å². The van der Waals surface area contributed by atoms with E-state index in [0.29, 0.717) is 5.56 Å². The van der Waals surface area contributed by atoms with E-state index in [4.69, 9.17) is 0 Å². The topological polar surface area (TPSA) is 41.6 Å². The SMILES string of the molecule is CCCCCCCn1cc(-c2cc(C)ccc2C#N)cn1. The van der Waals surface area contributed by atoms with Gasteiger partial charge in [0.15, 0.2) is 0 Å². The number of nitriles is 1. The van der Waals surface area contributed by atoms with Crippen molar-refractivity contribution in [3.63, 3.8) is 0 Å². The van der Waals surface area contributed by atoms with Crippen molar-refractivity contribution in [2.24, 2.45) is 0 Å². The van der Waals surface area contributed by atoms with Crippen LogP contribution in [-0.4, -0.2) is 9.78 Å². The molecule has 1 aromatic carbocycles. The maximum atomic E-state index is 9.22. The maximum absolute atomic E-state index is 9.22. The van der Waals surface area contributed by atoms with E-state index in [9.17, 15) is 5.26 Å². The quantitative estimate of drug-likeness (QED) is 0.690. The first kappa shape index (κ1) is 15.3. The summed E-state index contributed by atoms with van der Waals surface area (Å²) in [7, 11) is 0. The average molecular weight is 281 g/mol. The first-order valence-electron chi connectivity index (χ1n) is 7.78. The molecule has 0 aliphatic rings. The Bertz CT molecular complexity index is 620. The highest BCUT2D eigenvalue weighted by atomic mass is 15.3. The molecule has 110 valence electrons. The summed E-state index contributed by atoms with van der Waals surface area (Å²) >= 11 is 0. The molecule has 1 heterocycles. The number of rotatable bonds is 7. The standard InChI is InChI=1S/C18H23N3/c1-3-4-5-6-7-10-21-14-17(13-20-21)18-11-15(2)8-9-16(18)12-19/h8-9,11,13-14H,3-7,10H2,1-2H3. The van der Waals surface area contributed by atoms with Crippen molar-refractivity contribution in [2.45, 2.75) is 52.5 Å². The first-order chi connectivity index (χ1) is 10.2. The van der Waals surface area contributed by atoms with Crippen LogP contribution >= 0.6 is 0 Å². The Morgan fingerprint density at radius 2 is 2.00 bits per heavy atom. The van der Waals surface area contributed by atoms with Crippen LogP contribution in [0.3, 0.4) is 0 Å². The Hall–Kier alpha value is -2.08. The van der Waals surface area contributed by atoms with Gasteiger partial charge in [-0.15, -0.1) is 0 Å². The van der Waals surface area contributed by atoms with Crippen molar-refractivity contribution in [3.8, 4) is 17.2 Å². The molecular formula is C18H23N3. The Balaban J connectivity index is 2.03. The zero-order valence-corrected chi connectivity index (χ0v) is 13.0. The number of benzene rings is 1. The molecule has 0 spiro atoms. The molecule has 0 bridgehead atoms. The van der Waals surface area contributed by atoms with Crippen LogP contribution in [0.5, 0.6) is 0 Å². The predicted molar refractivity (Wildman–Crippen MR) is 85.9 cm³/mol. The minimum absolute atomic E-state index is 0.711. The molecule has 0 atom stereocenters. The fourth-order valence-corrected chi connectivity index (χ4v) is 2.50. The van der Waals surface area contributed by atoms with Gasteiger partial charge in [0.2, 0.25) is 0 Å². The number of hydrogen-bond donors (Lipinski definition) is 0. The van der Waals surface area contributed by atoms with Crippen molar-refractivity contribution in [1.82, 2.24) is 9.78 Å². The monoisotopic (exact) mass is 281 g/mol. The van der Waals surface area contributed by atoms with Crippen molar-refractivity contribution in [2.75, 3.05) is 0 Å². The maximum Gasteiger partial charge on any atom is 0.0998 e. The van der Waals surface area contributed by atoms with Crippen LogP contribution in [0.4, 0.5) is 0 Å². The number of aromatic nitrogens is 2. The molecule has 0 saturated heterocycles. The number of nitrogens with zero attached hydrogens (tertiary/aromatic N) is 3. The molecule has 0 unspecified atom stereocenters. The van der Waals surface area contributed by atoms with E-state index < -0.39 is 0 Å². The van der Waals surface area contributed by atoms with E-state index in [0.717, 1.165) is 23.2 Å².